The van der Waals surface area contributed by atoms with E-state index in [1.165, 1.54) is 12.1 Å². The van der Waals surface area contributed by atoms with Gasteiger partial charge in [-0.2, -0.15) is 5.10 Å². The maximum Gasteiger partial charge on any atom is 0.284 e. The Morgan fingerprint density at radius 2 is 1.78 bits per heavy atom. The topological polar surface area (TPSA) is 63.2 Å². The van der Waals surface area contributed by atoms with Gasteiger partial charge in [0.25, 0.3) is 5.91 Å². The summed E-state index contributed by atoms with van der Waals surface area (Å²) in [5, 5.41) is 4.25. The van der Waals surface area contributed by atoms with Crippen molar-refractivity contribution < 1.29 is 18.7 Å². The monoisotopic (exact) mass is 369 g/mol. The van der Waals surface area contributed by atoms with Crippen LogP contribution in [0.3, 0.4) is 0 Å². The third kappa shape index (κ3) is 4.02. The minimum absolute atomic E-state index is 0.159. The highest BCUT2D eigenvalue weighted by atomic mass is 19.1. The van der Waals surface area contributed by atoms with Gasteiger partial charge >= 0.3 is 0 Å². The van der Waals surface area contributed by atoms with E-state index in [1.807, 2.05) is 12.1 Å². The smallest absolute Gasteiger partial charge is 0.284 e. The molecule has 1 fully saturated rings. The van der Waals surface area contributed by atoms with Gasteiger partial charge in [0.05, 0.1) is 0 Å². The standard InChI is InChI=1S/C20H20FN3O3/c21-14-5-7-16(8-6-14)24-11-9-15(10-12-24)22-23-20(25)19-13-26-17-3-1-2-4-18(17)27-19/h1-8,19H,9-13H2,(H,23,25)/t19-/m0/s1. The van der Waals surface area contributed by atoms with Crippen molar-refractivity contribution >= 4 is 17.3 Å². The number of ether oxygens (including phenoxy) is 2. The first kappa shape index (κ1) is 17.3. The van der Waals surface area contributed by atoms with E-state index in [0.29, 0.717) is 11.5 Å². The highest BCUT2D eigenvalue weighted by molar-refractivity contribution is 5.89. The molecule has 2 aromatic carbocycles. The molecule has 2 heterocycles. The highest BCUT2D eigenvalue weighted by Gasteiger charge is 2.27. The third-order valence-corrected chi connectivity index (χ3v) is 4.66. The normalized spacial score (nSPS) is 18.8. The molecule has 1 amide bonds. The van der Waals surface area contributed by atoms with Crippen LogP contribution in [0.25, 0.3) is 0 Å². The zero-order valence-corrected chi connectivity index (χ0v) is 14.7. The van der Waals surface area contributed by atoms with Gasteiger partial charge in [-0.05, 0) is 36.4 Å². The Kier molecular flexibility index (Phi) is 4.91. The molecule has 0 saturated carbocycles. The Labute approximate surface area is 156 Å². The molecule has 0 spiro atoms. The number of anilines is 1. The number of hydrogen-bond donors (Lipinski definition) is 1. The first-order chi connectivity index (χ1) is 13.2. The largest absolute Gasteiger partial charge is 0.485 e. The molecule has 0 aromatic heterocycles. The van der Waals surface area contributed by atoms with Crippen LogP contribution in [-0.2, 0) is 4.79 Å². The lowest BCUT2D eigenvalue weighted by Gasteiger charge is -2.29. The van der Waals surface area contributed by atoms with Crippen LogP contribution in [0.4, 0.5) is 10.1 Å². The Hall–Kier alpha value is -3.09. The number of piperidine rings is 1. The summed E-state index contributed by atoms with van der Waals surface area (Å²) in [7, 11) is 0. The van der Waals surface area contributed by atoms with Crippen LogP contribution in [0.5, 0.6) is 11.5 Å². The molecule has 6 nitrogen and oxygen atoms in total. The minimum Gasteiger partial charge on any atom is -0.485 e. The second-order valence-corrected chi connectivity index (χ2v) is 6.48. The predicted molar refractivity (Wildman–Crippen MR) is 99.8 cm³/mol. The van der Waals surface area contributed by atoms with Crippen LogP contribution in [0.15, 0.2) is 53.6 Å². The van der Waals surface area contributed by atoms with E-state index in [4.69, 9.17) is 9.47 Å². The third-order valence-electron chi connectivity index (χ3n) is 4.66. The summed E-state index contributed by atoms with van der Waals surface area (Å²) in [4.78, 5) is 14.5. The molecule has 1 saturated heterocycles. The first-order valence-corrected chi connectivity index (χ1v) is 8.93. The molecular weight excluding hydrogens is 349 g/mol. The van der Waals surface area contributed by atoms with Gasteiger partial charge in [0.15, 0.2) is 11.5 Å². The zero-order valence-electron chi connectivity index (χ0n) is 14.7. The number of halogens is 1. The van der Waals surface area contributed by atoms with E-state index in [1.54, 1.807) is 24.3 Å². The number of hydrogen-bond acceptors (Lipinski definition) is 5. The minimum atomic E-state index is -0.719. The van der Waals surface area contributed by atoms with Crippen molar-refractivity contribution in [3.8, 4) is 11.5 Å². The van der Waals surface area contributed by atoms with Gasteiger partial charge in [-0.1, -0.05) is 12.1 Å². The number of amides is 1. The van der Waals surface area contributed by atoms with Crippen molar-refractivity contribution in [1.82, 2.24) is 5.43 Å². The van der Waals surface area contributed by atoms with E-state index in [2.05, 4.69) is 15.4 Å². The lowest BCUT2D eigenvalue weighted by atomic mass is 10.1. The van der Waals surface area contributed by atoms with Gasteiger partial charge in [0.2, 0.25) is 6.10 Å². The number of nitrogens with one attached hydrogen (secondary N) is 1. The lowest BCUT2D eigenvalue weighted by Crippen LogP contribution is -2.43. The second kappa shape index (κ2) is 7.65. The van der Waals surface area contributed by atoms with Crippen LogP contribution >= 0.6 is 0 Å². The highest BCUT2D eigenvalue weighted by Crippen LogP contribution is 2.30. The summed E-state index contributed by atoms with van der Waals surface area (Å²) in [6, 6.07) is 13.7. The molecule has 2 aliphatic rings. The Morgan fingerprint density at radius 1 is 1.07 bits per heavy atom. The van der Waals surface area contributed by atoms with Crippen molar-refractivity contribution in [1.29, 1.82) is 0 Å². The molecule has 0 radical (unpaired) electrons. The molecule has 2 aliphatic heterocycles. The number of rotatable bonds is 3. The average Bonchev–Trinajstić information content (AvgIpc) is 2.72. The maximum absolute atomic E-state index is 13.0. The summed E-state index contributed by atoms with van der Waals surface area (Å²) in [6.07, 6.45) is 0.758. The van der Waals surface area contributed by atoms with E-state index in [-0.39, 0.29) is 18.3 Å². The molecule has 0 bridgehead atoms. The number of carbonyl (C=O) groups is 1. The van der Waals surface area contributed by atoms with Crippen molar-refractivity contribution in [3.63, 3.8) is 0 Å². The zero-order chi connectivity index (χ0) is 18.6. The van der Waals surface area contributed by atoms with Gasteiger partial charge < -0.3 is 14.4 Å². The molecule has 1 N–H and O–H groups in total. The Balaban J connectivity index is 1.29. The van der Waals surface area contributed by atoms with Crippen LogP contribution in [0, 0.1) is 5.82 Å². The van der Waals surface area contributed by atoms with Gasteiger partial charge in [0.1, 0.15) is 12.4 Å². The Morgan fingerprint density at radius 3 is 2.52 bits per heavy atom. The predicted octanol–water partition coefficient (Wildman–Crippen LogP) is 2.74. The number of benzene rings is 2. The van der Waals surface area contributed by atoms with Crippen LogP contribution in [0.2, 0.25) is 0 Å². The fourth-order valence-corrected chi connectivity index (χ4v) is 3.14. The number of fused-ring (bicyclic) bond motifs is 1. The van der Waals surface area contributed by atoms with E-state index < -0.39 is 6.10 Å². The van der Waals surface area contributed by atoms with E-state index in [0.717, 1.165) is 37.3 Å². The van der Waals surface area contributed by atoms with Crippen molar-refractivity contribution in [2.45, 2.75) is 18.9 Å². The maximum atomic E-state index is 13.0. The summed E-state index contributed by atoms with van der Waals surface area (Å²) in [5.74, 6) is 0.639. The van der Waals surface area contributed by atoms with Crippen molar-refractivity contribution in [3.05, 3.63) is 54.3 Å². The second-order valence-electron chi connectivity index (χ2n) is 6.48. The van der Waals surface area contributed by atoms with Crippen molar-refractivity contribution in [2.75, 3.05) is 24.6 Å². The first-order valence-electron chi connectivity index (χ1n) is 8.93. The molecule has 7 heteroatoms. The molecule has 2 aromatic rings. The fourth-order valence-electron chi connectivity index (χ4n) is 3.14. The number of para-hydroxylation sites is 2. The van der Waals surface area contributed by atoms with Gasteiger partial charge in [0, 0.05) is 37.3 Å². The molecule has 0 aliphatic carbocycles. The van der Waals surface area contributed by atoms with Gasteiger partial charge in [-0.25, -0.2) is 9.82 Å². The number of nitrogens with zero attached hydrogens (tertiary/aromatic N) is 2. The molecule has 4 rings (SSSR count). The number of hydrazone groups is 1. The number of carbonyl (C=O) groups excluding carboxylic acids is 1. The summed E-state index contributed by atoms with van der Waals surface area (Å²) in [6.45, 7) is 1.71. The van der Waals surface area contributed by atoms with E-state index >= 15 is 0 Å². The lowest BCUT2D eigenvalue weighted by molar-refractivity contribution is -0.130. The summed E-state index contributed by atoms with van der Waals surface area (Å²) in [5.41, 5.74) is 4.51. The quantitative estimate of drug-likeness (QED) is 0.845. The van der Waals surface area contributed by atoms with Crippen LogP contribution < -0.4 is 19.8 Å². The molecule has 27 heavy (non-hydrogen) atoms. The van der Waals surface area contributed by atoms with Crippen LogP contribution in [0.1, 0.15) is 12.8 Å². The van der Waals surface area contributed by atoms with E-state index in [9.17, 15) is 9.18 Å². The average molecular weight is 369 g/mol. The summed E-state index contributed by atoms with van der Waals surface area (Å²) < 4.78 is 24.3. The molecule has 1 atom stereocenters. The summed E-state index contributed by atoms with van der Waals surface area (Å²) >= 11 is 0. The molecule has 0 unspecified atom stereocenters. The van der Waals surface area contributed by atoms with Gasteiger partial charge in [-0.3, -0.25) is 4.79 Å². The van der Waals surface area contributed by atoms with Crippen molar-refractivity contribution in [2.24, 2.45) is 5.10 Å². The Bertz CT molecular complexity index is 844. The van der Waals surface area contributed by atoms with Crippen LogP contribution in [-0.4, -0.2) is 37.4 Å². The molecule has 140 valence electrons. The fraction of sp³-hybridized carbons (Fsp3) is 0.300. The van der Waals surface area contributed by atoms with Gasteiger partial charge in [-0.15, -0.1) is 0 Å². The SMILES string of the molecule is O=C(NN=C1CCN(c2ccc(F)cc2)CC1)[C@@H]1COc2ccccc2O1. The molecular formula is C20H20FN3O3.